The first-order valence-corrected chi connectivity index (χ1v) is 3.30. The SMILES string of the molecule is N#CCNc1cccc(F)c1F. The van der Waals surface area contributed by atoms with E-state index in [-0.39, 0.29) is 12.2 Å². The Bertz CT molecular complexity index is 317. The van der Waals surface area contributed by atoms with E-state index < -0.39 is 11.6 Å². The lowest BCUT2D eigenvalue weighted by Crippen LogP contribution is -2.01. The van der Waals surface area contributed by atoms with Crippen LogP contribution in [0.15, 0.2) is 18.2 Å². The van der Waals surface area contributed by atoms with Crippen molar-refractivity contribution in [3.8, 4) is 6.07 Å². The molecule has 0 saturated carbocycles. The Kier molecular flexibility index (Phi) is 2.59. The summed E-state index contributed by atoms with van der Waals surface area (Å²) in [6.07, 6.45) is 0. The minimum atomic E-state index is -0.951. The topological polar surface area (TPSA) is 35.8 Å². The maximum absolute atomic E-state index is 12.8. The van der Waals surface area contributed by atoms with Crippen molar-refractivity contribution in [2.24, 2.45) is 0 Å². The van der Waals surface area contributed by atoms with Gasteiger partial charge in [0.25, 0.3) is 0 Å². The van der Waals surface area contributed by atoms with Gasteiger partial charge in [-0.05, 0) is 12.1 Å². The fourth-order valence-electron chi connectivity index (χ4n) is 0.775. The number of nitrogens with zero attached hydrogens (tertiary/aromatic N) is 1. The van der Waals surface area contributed by atoms with Gasteiger partial charge in [0.2, 0.25) is 0 Å². The Balaban J connectivity index is 2.86. The lowest BCUT2D eigenvalue weighted by atomic mass is 10.3. The Morgan fingerprint density at radius 1 is 1.42 bits per heavy atom. The van der Waals surface area contributed by atoms with Gasteiger partial charge in [0.15, 0.2) is 11.6 Å². The van der Waals surface area contributed by atoms with Gasteiger partial charge in [-0.25, -0.2) is 8.78 Å². The quantitative estimate of drug-likeness (QED) is 0.684. The number of anilines is 1. The van der Waals surface area contributed by atoms with Crippen LogP contribution in [-0.4, -0.2) is 6.54 Å². The Hall–Kier alpha value is -1.63. The molecule has 0 aliphatic carbocycles. The van der Waals surface area contributed by atoms with E-state index in [1.807, 2.05) is 0 Å². The van der Waals surface area contributed by atoms with Gasteiger partial charge in [-0.15, -0.1) is 0 Å². The highest BCUT2D eigenvalue weighted by Gasteiger charge is 2.05. The molecule has 2 nitrogen and oxygen atoms in total. The van der Waals surface area contributed by atoms with Gasteiger partial charge < -0.3 is 5.32 Å². The second-order valence-corrected chi connectivity index (χ2v) is 2.11. The molecule has 0 radical (unpaired) electrons. The first-order valence-electron chi connectivity index (χ1n) is 3.30. The average Bonchev–Trinajstić information content (AvgIpc) is 2.08. The number of hydrogen-bond acceptors (Lipinski definition) is 2. The highest BCUT2D eigenvalue weighted by atomic mass is 19.2. The Morgan fingerprint density at radius 3 is 2.83 bits per heavy atom. The van der Waals surface area contributed by atoms with Crippen molar-refractivity contribution in [1.82, 2.24) is 0 Å². The van der Waals surface area contributed by atoms with E-state index >= 15 is 0 Å². The van der Waals surface area contributed by atoms with Gasteiger partial charge in [-0.3, -0.25) is 0 Å². The predicted molar refractivity (Wildman–Crippen MR) is 40.5 cm³/mol. The summed E-state index contributed by atoms with van der Waals surface area (Å²) >= 11 is 0. The Morgan fingerprint density at radius 2 is 2.17 bits per heavy atom. The van der Waals surface area contributed by atoms with Crippen LogP contribution < -0.4 is 5.32 Å². The first kappa shape index (κ1) is 8.47. The zero-order valence-electron chi connectivity index (χ0n) is 6.14. The lowest BCUT2D eigenvalue weighted by molar-refractivity contribution is 0.511. The monoisotopic (exact) mass is 168 g/mol. The molecule has 0 aliphatic heterocycles. The number of halogens is 2. The van der Waals surface area contributed by atoms with Gasteiger partial charge in [0, 0.05) is 0 Å². The van der Waals surface area contributed by atoms with Crippen molar-refractivity contribution in [2.45, 2.75) is 0 Å². The summed E-state index contributed by atoms with van der Waals surface area (Å²) in [5, 5.41) is 10.6. The van der Waals surface area contributed by atoms with Gasteiger partial charge >= 0.3 is 0 Å². The number of nitrogens with one attached hydrogen (secondary N) is 1. The molecule has 0 spiro atoms. The summed E-state index contributed by atoms with van der Waals surface area (Å²) in [7, 11) is 0. The average molecular weight is 168 g/mol. The molecule has 0 amide bonds. The molecule has 0 unspecified atom stereocenters. The van der Waals surface area contributed by atoms with Gasteiger partial charge in [0.05, 0.1) is 11.8 Å². The number of benzene rings is 1. The van der Waals surface area contributed by atoms with Crippen molar-refractivity contribution >= 4 is 5.69 Å². The fourth-order valence-corrected chi connectivity index (χ4v) is 0.775. The van der Waals surface area contributed by atoms with Crippen molar-refractivity contribution in [2.75, 3.05) is 11.9 Å². The molecular formula is C8H6F2N2. The third-order valence-corrected chi connectivity index (χ3v) is 1.31. The van der Waals surface area contributed by atoms with E-state index in [4.69, 9.17) is 5.26 Å². The van der Waals surface area contributed by atoms with Crippen LogP contribution in [0.2, 0.25) is 0 Å². The van der Waals surface area contributed by atoms with E-state index in [0.717, 1.165) is 6.07 Å². The van der Waals surface area contributed by atoms with Crippen LogP contribution in [0.1, 0.15) is 0 Å². The summed E-state index contributed by atoms with van der Waals surface area (Å²) in [5.74, 6) is -1.87. The van der Waals surface area contributed by atoms with E-state index in [9.17, 15) is 8.78 Å². The van der Waals surface area contributed by atoms with E-state index in [0.29, 0.717) is 0 Å². The fraction of sp³-hybridized carbons (Fsp3) is 0.125. The predicted octanol–water partition coefficient (Wildman–Crippen LogP) is 1.90. The van der Waals surface area contributed by atoms with Crippen LogP contribution in [0.5, 0.6) is 0 Å². The highest BCUT2D eigenvalue weighted by molar-refractivity contribution is 5.45. The normalized spacial score (nSPS) is 9.08. The second-order valence-electron chi connectivity index (χ2n) is 2.11. The molecule has 0 atom stereocenters. The van der Waals surface area contributed by atoms with Crippen LogP contribution >= 0.6 is 0 Å². The molecule has 62 valence electrons. The van der Waals surface area contributed by atoms with Crippen molar-refractivity contribution in [1.29, 1.82) is 5.26 Å². The van der Waals surface area contributed by atoms with Gasteiger partial charge in [-0.1, -0.05) is 6.07 Å². The number of hydrogen-bond donors (Lipinski definition) is 1. The van der Waals surface area contributed by atoms with E-state index in [1.165, 1.54) is 12.1 Å². The molecule has 1 aromatic rings. The van der Waals surface area contributed by atoms with Crippen LogP contribution in [0.3, 0.4) is 0 Å². The molecule has 1 N–H and O–H groups in total. The van der Waals surface area contributed by atoms with Crippen LogP contribution in [-0.2, 0) is 0 Å². The molecule has 0 heterocycles. The summed E-state index contributed by atoms with van der Waals surface area (Å²) in [5.41, 5.74) is 0.0107. The van der Waals surface area contributed by atoms with E-state index in [2.05, 4.69) is 5.32 Å². The molecule has 4 heteroatoms. The molecule has 0 saturated heterocycles. The molecule has 0 aromatic heterocycles. The molecule has 12 heavy (non-hydrogen) atoms. The highest BCUT2D eigenvalue weighted by Crippen LogP contribution is 2.15. The summed E-state index contributed by atoms with van der Waals surface area (Å²) in [6.45, 7) is -0.0413. The van der Waals surface area contributed by atoms with Crippen LogP contribution in [0, 0.1) is 23.0 Å². The minimum absolute atomic E-state index is 0.0107. The standard InChI is InChI=1S/C8H6F2N2/c9-6-2-1-3-7(8(6)10)12-5-4-11/h1-3,12H,5H2. The summed E-state index contributed by atoms with van der Waals surface area (Å²) < 4.78 is 25.3. The molecule has 0 aliphatic rings. The maximum Gasteiger partial charge on any atom is 0.181 e. The maximum atomic E-state index is 12.8. The summed E-state index contributed by atoms with van der Waals surface area (Å²) in [6, 6.07) is 5.53. The first-order chi connectivity index (χ1) is 5.75. The molecular weight excluding hydrogens is 162 g/mol. The van der Waals surface area contributed by atoms with E-state index in [1.54, 1.807) is 6.07 Å². The lowest BCUT2D eigenvalue weighted by Gasteiger charge is -2.02. The largest absolute Gasteiger partial charge is 0.370 e. The third kappa shape index (κ3) is 1.70. The zero-order valence-corrected chi connectivity index (χ0v) is 6.14. The second kappa shape index (κ2) is 3.67. The van der Waals surface area contributed by atoms with Gasteiger partial charge in [-0.2, -0.15) is 5.26 Å². The number of rotatable bonds is 2. The van der Waals surface area contributed by atoms with Crippen molar-refractivity contribution < 1.29 is 8.78 Å². The third-order valence-electron chi connectivity index (χ3n) is 1.31. The molecule has 0 fully saturated rings. The zero-order chi connectivity index (χ0) is 8.97. The summed E-state index contributed by atoms with van der Waals surface area (Å²) in [4.78, 5) is 0. The molecule has 0 bridgehead atoms. The van der Waals surface area contributed by atoms with Crippen LogP contribution in [0.25, 0.3) is 0 Å². The van der Waals surface area contributed by atoms with Crippen molar-refractivity contribution in [3.05, 3.63) is 29.8 Å². The minimum Gasteiger partial charge on any atom is -0.370 e. The van der Waals surface area contributed by atoms with Crippen LogP contribution in [0.4, 0.5) is 14.5 Å². The smallest absolute Gasteiger partial charge is 0.181 e. The Labute approximate surface area is 68.4 Å². The number of nitriles is 1. The van der Waals surface area contributed by atoms with Gasteiger partial charge in [0.1, 0.15) is 6.54 Å². The molecule has 1 aromatic carbocycles. The van der Waals surface area contributed by atoms with Crippen molar-refractivity contribution in [3.63, 3.8) is 0 Å². The molecule has 1 rings (SSSR count).